The highest BCUT2D eigenvalue weighted by molar-refractivity contribution is 5.92. The number of aromatic nitrogens is 4. The van der Waals surface area contributed by atoms with Gasteiger partial charge in [-0.05, 0) is 24.8 Å². The number of carbonyl (C=O) groups excluding carboxylic acids is 1. The first-order chi connectivity index (χ1) is 11.0. The summed E-state index contributed by atoms with van der Waals surface area (Å²) in [4.78, 5) is 20.5. The van der Waals surface area contributed by atoms with Crippen molar-refractivity contribution in [2.45, 2.75) is 46.7 Å². The molecule has 0 saturated carbocycles. The number of nitrogens with zero attached hydrogens (tertiary/aromatic N) is 4. The SMILES string of the molecule is CCCn1cc(CNC(=O)c2cc(CC(C)C)nc(N)n2)cn1. The molecule has 0 aliphatic carbocycles. The second-order valence-electron chi connectivity index (χ2n) is 6.00. The Balaban J connectivity index is 2.00. The van der Waals surface area contributed by atoms with Crippen LogP contribution in [0.15, 0.2) is 18.5 Å². The number of rotatable bonds is 7. The Labute approximate surface area is 136 Å². The van der Waals surface area contributed by atoms with Crippen LogP contribution in [0, 0.1) is 5.92 Å². The maximum atomic E-state index is 12.3. The molecule has 2 aromatic rings. The molecule has 2 heterocycles. The molecule has 0 atom stereocenters. The zero-order chi connectivity index (χ0) is 16.8. The highest BCUT2D eigenvalue weighted by Gasteiger charge is 2.12. The molecule has 0 bridgehead atoms. The number of carbonyl (C=O) groups is 1. The van der Waals surface area contributed by atoms with Crippen LogP contribution in [0.25, 0.3) is 0 Å². The number of hydrogen-bond acceptors (Lipinski definition) is 5. The third-order valence-electron chi connectivity index (χ3n) is 3.24. The molecule has 2 aromatic heterocycles. The highest BCUT2D eigenvalue weighted by Crippen LogP contribution is 2.09. The van der Waals surface area contributed by atoms with E-state index in [4.69, 9.17) is 5.73 Å². The highest BCUT2D eigenvalue weighted by atomic mass is 16.1. The minimum Gasteiger partial charge on any atom is -0.368 e. The lowest BCUT2D eigenvalue weighted by Crippen LogP contribution is -2.24. The summed E-state index contributed by atoms with van der Waals surface area (Å²) in [5, 5.41) is 7.08. The van der Waals surface area contributed by atoms with Gasteiger partial charge in [0.05, 0.1) is 6.20 Å². The van der Waals surface area contributed by atoms with Gasteiger partial charge in [0.2, 0.25) is 5.95 Å². The molecule has 0 radical (unpaired) electrons. The second-order valence-corrected chi connectivity index (χ2v) is 6.00. The van der Waals surface area contributed by atoms with Crippen LogP contribution in [0.4, 0.5) is 5.95 Å². The molecule has 2 rings (SSSR count). The molecule has 3 N–H and O–H groups in total. The largest absolute Gasteiger partial charge is 0.368 e. The zero-order valence-corrected chi connectivity index (χ0v) is 13.9. The van der Waals surface area contributed by atoms with Gasteiger partial charge in [-0.1, -0.05) is 20.8 Å². The Morgan fingerprint density at radius 2 is 2.17 bits per heavy atom. The molecule has 0 aromatic carbocycles. The second kappa shape index (κ2) is 7.71. The van der Waals surface area contributed by atoms with E-state index in [1.807, 2.05) is 10.9 Å². The van der Waals surface area contributed by atoms with E-state index in [0.29, 0.717) is 18.2 Å². The number of amides is 1. The fourth-order valence-electron chi connectivity index (χ4n) is 2.28. The lowest BCUT2D eigenvalue weighted by atomic mass is 10.1. The number of aryl methyl sites for hydroxylation is 1. The van der Waals surface area contributed by atoms with Gasteiger partial charge in [0.25, 0.3) is 5.91 Å². The van der Waals surface area contributed by atoms with Crippen LogP contribution in [0.5, 0.6) is 0 Å². The van der Waals surface area contributed by atoms with Gasteiger partial charge in [-0.25, -0.2) is 9.97 Å². The molecule has 7 nitrogen and oxygen atoms in total. The van der Waals surface area contributed by atoms with Crippen LogP contribution in [0.2, 0.25) is 0 Å². The van der Waals surface area contributed by atoms with Gasteiger partial charge in [-0.15, -0.1) is 0 Å². The Morgan fingerprint density at radius 3 is 2.87 bits per heavy atom. The van der Waals surface area contributed by atoms with E-state index in [2.05, 4.69) is 41.2 Å². The minimum atomic E-state index is -0.257. The number of nitrogens with two attached hydrogens (primary N) is 1. The van der Waals surface area contributed by atoms with Gasteiger partial charge in [-0.2, -0.15) is 5.10 Å². The lowest BCUT2D eigenvalue weighted by molar-refractivity contribution is 0.0945. The Bertz CT molecular complexity index is 664. The smallest absolute Gasteiger partial charge is 0.270 e. The average Bonchev–Trinajstić information content (AvgIpc) is 2.91. The van der Waals surface area contributed by atoms with Gasteiger partial charge in [0.1, 0.15) is 5.69 Å². The molecule has 0 aliphatic heterocycles. The van der Waals surface area contributed by atoms with E-state index in [1.54, 1.807) is 12.3 Å². The summed E-state index contributed by atoms with van der Waals surface area (Å²) in [6, 6.07) is 1.70. The number of anilines is 1. The molecule has 0 fully saturated rings. The number of hydrogen-bond donors (Lipinski definition) is 2. The van der Waals surface area contributed by atoms with E-state index >= 15 is 0 Å². The van der Waals surface area contributed by atoms with Crippen molar-refractivity contribution < 1.29 is 4.79 Å². The van der Waals surface area contributed by atoms with Crippen molar-refractivity contribution in [1.29, 1.82) is 0 Å². The molecule has 0 saturated heterocycles. The van der Waals surface area contributed by atoms with E-state index < -0.39 is 0 Å². The molecule has 0 aliphatic rings. The van der Waals surface area contributed by atoms with Gasteiger partial charge >= 0.3 is 0 Å². The summed E-state index contributed by atoms with van der Waals surface area (Å²) >= 11 is 0. The third kappa shape index (κ3) is 5.05. The maximum Gasteiger partial charge on any atom is 0.270 e. The van der Waals surface area contributed by atoms with Crippen LogP contribution in [-0.4, -0.2) is 25.7 Å². The third-order valence-corrected chi connectivity index (χ3v) is 3.24. The molecule has 1 amide bonds. The summed E-state index contributed by atoms with van der Waals surface area (Å²) in [5.41, 5.74) is 7.74. The summed E-state index contributed by atoms with van der Waals surface area (Å²) in [7, 11) is 0. The first-order valence-corrected chi connectivity index (χ1v) is 7.91. The standard InChI is InChI=1S/C16H24N6O/c1-4-5-22-10-12(9-19-22)8-18-15(23)14-7-13(6-11(2)3)20-16(17)21-14/h7,9-11H,4-6,8H2,1-3H3,(H,18,23)(H2,17,20,21). The van der Waals surface area contributed by atoms with Crippen molar-refractivity contribution in [2.75, 3.05) is 5.73 Å². The first kappa shape index (κ1) is 16.9. The number of nitrogens with one attached hydrogen (secondary N) is 1. The molecule has 0 spiro atoms. The normalized spacial score (nSPS) is 11.0. The van der Waals surface area contributed by atoms with Crippen molar-refractivity contribution >= 4 is 11.9 Å². The van der Waals surface area contributed by atoms with Crippen molar-refractivity contribution in [1.82, 2.24) is 25.1 Å². The quantitative estimate of drug-likeness (QED) is 0.811. The zero-order valence-electron chi connectivity index (χ0n) is 13.9. The maximum absolute atomic E-state index is 12.3. The van der Waals surface area contributed by atoms with Crippen molar-refractivity contribution in [3.05, 3.63) is 35.4 Å². The molecule has 23 heavy (non-hydrogen) atoms. The van der Waals surface area contributed by atoms with Crippen LogP contribution >= 0.6 is 0 Å². The average molecular weight is 316 g/mol. The fourth-order valence-corrected chi connectivity index (χ4v) is 2.28. The van der Waals surface area contributed by atoms with Crippen LogP contribution in [0.1, 0.15) is 48.9 Å². The van der Waals surface area contributed by atoms with Crippen molar-refractivity contribution in [3.63, 3.8) is 0 Å². The van der Waals surface area contributed by atoms with Crippen LogP contribution in [0.3, 0.4) is 0 Å². The van der Waals surface area contributed by atoms with Crippen LogP contribution in [-0.2, 0) is 19.5 Å². The molecular weight excluding hydrogens is 292 g/mol. The first-order valence-electron chi connectivity index (χ1n) is 7.91. The topological polar surface area (TPSA) is 98.7 Å². The summed E-state index contributed by atoms with van der Waals surface area (Å²) in [6.45, 7) is 7.55. The Morgan fingerprint density at radius 1 is 1.39 bits per heavy atom. The molecule has 124 valence electrons. The van der Waals surface area contributed by atoms with E-state index in [9.17, 15) is 4.79 Å². The number of nitrogen functional groups attached to an aromatic ring is 1. The summed E-state index contributed by atoms with van der Waals surface area (Å²) in [6.07, 6.45) is 5.47. The van der Waals surface area contributed by atoms with Gasteiger partial charge in [0.15, 0.2) is 0 Å². The van der Waals surface area contributed by atoms with E-state index in [0.717, 1.165) is 30.6 Å². The molecule has 0 unspecified atom stereocenters. The van der Waals surface area contributed by atoms with E-state index in [-0.39, 0.29) is 11.9 Å². The Hall–Kier alpha value is -2.44. The van der Waals surface area contributed by atoms with Crippen LogP contribution < -0.4 is 11.1 Å². The summed E-state index contributed by atoms with van der Waals surface area (Å²) in [5.74, 6) is 0.307. The molecule has 7 heteroatoms. The predicted octanol–water partition coefficient (Wildman–Crippen LogP) is 1.79. The van der Waals surface area contributed by atoms with Gasteiger partial charge < -0.3 is 11.1 Å². The fraction of sp³-hybridized carbons (Fsp3) is 0.500. The monoisotopic (exact) mass is 316 g/mol. The lowest BCUT2D eigenvalue weighted by Gasteiger charge is -2.08. The summed E-state index contributed by atoms with van der Waals surface area (Å²) < 4.78 is 1.87. The predicted molar refractivity (Wildman–Crippen MR) is 88.7 cm³/mol. The van der Waals surface area contributed by atoms with Gasteiger partial charge in [-0.3, -0.25) is 9.48 Å². The molecular formula is C16H24N6O. The van der Waals surface area contributed by atoms with E-state index in [1.165, 1.54) is 0 Å². The Kier molecular flexibility index (Phi) is 5.67. The minimum absolute atomic E-state index is 0.129. The van der Waals surface area contributed by atoms with Crippen molar-refractivity contribution in [3.8, 4) is 0 Å². The van der Waals surface area contributed by atoms with Crippen molar-refractivity contribution in [2.24, 2.45) is 5.92 Å². The van der Waals surface area contributed by atoms with Gasteiger partial charge in [0, 0.05) is 30.5 Å².